The van der Waals surface area contributed by atoms with Gasteiger partial charge in [-0.1, -0.05) is 74.0 Å². The van der Waals surface area contributed by atoms with Gasteiger partial charge in [-0.2, -0.15) is 0 Å². The minimum Gasteiger partial charge on any atom is -0.418 e. The SMILES string of the molecule is Cc1cccc(Cc2nnc(C(=O)C(C)(C)CNC(=O)CN3C(=O)CS[C@@H]3c3ccccc3)o2)c1. The molecule has 2 heterocycles. The number of aryl methyl sites for hydroxylation is 1. The summed E-state index contributed by atoms with van der Waals surface area (Å²) in [5, 5.41) is 10.5. The normalized spacial score (nSPS) is 15.9. The van der Waals surface area contributed by atoms with E-state index in [1.807, 2.05) is 61.5 Å². The van der Waals surface area contributed by atoms with Crippen LogP contribution in [0.3, 0.4) is 0 Å². The minimum atomic E-state index is -0.967. The summed E-state index contributed by atoms with van der Waals surface area (Å²) < 4.78 is 5.63. The summed E-state index contributed by atoms with van der Waals surface area (Å²) in [7, 11) is 0. The van der Waals surface area contributed by atoms with Gasteiger partial charge >= 0.3 is 0 Å². The number of hydrogen-bond acceptors (Lipinski definition) is 7. The van der Waals surface area contributed by atoms with Gasteiger partial charge in [0.05, 0.1) is 17.6 Å². The standard InChI is InChI=1S/C26H28N4O4S/c1-17-8-7-9-18(12-17)13-21-28-29-24(34-21)23(33)26(2,3)16-27-20(31)14-30-22(32)15-35-25(30)19-10-5-4-6-11-19/h4-12,25H,13-16H2,1-3H3,(H,27,31)/t25-/m1/s1. The summed E-state index contributed by atoms with van der Waals surface area (Å²) in [6, 6.07) is 17.6. The van der Waals surface area contributed by atoms with E-state index in [9.17, 15) is 14.4 Å². The molecule has 182 valence electrons. The monoisotopic (exact) mass is 492 g/mol. The molecule has 0 radical (unpaired) electrons. The molecule has 0 saturated carbocycles. The van der Waals surface area contributed by atoms with Crippen molar-refractivity contribution in [2.45, 2.75) is 32.6 Å². The van der Waals surface area contributed by atoms with Crippen molar-refractivity contribution in [3.05, 3.63) is 83.1 Å². The summed E-state index contributed by atoms with van der Waals surface area (Å²) in [6.45, 7) is 5.43. The number of aromatic nitrogens is 2. The van der Waals surface area contributed by atoms with Gasteiger partial charge in [0.2, 0.25) is 23.5 Å². The number of nitrogens with zero attached hydrogens (tertiary/aromatic N) is 3. The van der Waals surface area contributed by atoms with E-state index in [0.717, 1.165) is 16.7 Å². The van der Waals surface area contributed by atoms with Crippen LogP contribution in [0.2, 0.25) is 0 Å². The molecule has 0 bridgehead atoms. The predicted molar refractivity (Wildman–Crippen MR) is 133 cm³/mol. The van der Waals surface area contributed by atoms with E-state index in [0.29, 0.717) is 18.1 Å². The van der Waals surface area contributed by atoms with Crippen LogP contribution in [0, 0.1) is 12.3 Å². The Morgan fingerprint density at radius 2 is 1.91 bits per heavy atom. The van der Waals surface area contributed by atoms with Crippen LogP contribution < -0.4 is 5.32 Å². The molecule has 1 aromatic heterocycles. The second kappa shape index (κ2) is 10.4. The topological polar surface area (TPSA) is 105 Å². The van der Waals surface area contributed by atoms with Crippen molar-refractivity contribution in [2.75, 3.05) is 18.8 Å². The third kappa shape index (κ3) is 5.97. The van der Waals surface area contributed by atoms with Gasteiger partial charge in [0.15, 0.2) is 0 Å². The summed E-state index contributed by atoms with van der Waals surface area (Å²) >= 11 is 1.50. The molecule has 0 unspecified atom stereocenters. The van der Waals surface area contributed by atoms with E-state index in [1.54, 1.807) is 18.7 Å². The fourth-order valence-corrected chi connectivity index (χ4v) is 5.02. The zero-order valence-electron chi connectivity index (χ0n) is 20.0. The number of amides is 2. The number of thioether (sulfide) groups is 1. The molecule has 3 aromatic rings. The first kappa shape index (κ1) is 24.7. The maximum atomic E-state index is 13.0. The number of carbonyl (C=O) groups is 3. The Kier molecular flexibility index (Phi) is 7.35. The molecule has 1 fully saturated rings. The maximum Gasteiger partial charge on any atom is 0.284 e. The molecule has 8 nitrogen and oxygen atoms in total. The third-order valence-corrected chi connectivity index (χ3v) is 7.06. The fourth-order valence-electron chi connectivity index (χ4n) is 3.83. The summed E-state index contributed by atoms with van der Waals surface area (Å²) in [4.78, 5) is 39.7. The van der Waals surface area contributed by atoms with E-state index in [4.69, 9.17) is 4.42 Å². The summed E-state index contributed by atoms with van der Waals surface area (Å²) in [5.41, 5.74) is 2.15. The van der Waals surface area contributed by atoms with Crippen LogP contribution in [0.15, 0.2) is 59.0 Å². The van der Waals surface area contributed by atoms with Crippen molar-refractivity contribution in [1.29, 1.82) is 0 Å². The highest BCUT2D eigenvalue weighted by Crippen LogP contribution is 2.38. The molecule has 35 heavy (non-hydrogen) atoms. The Morgan fingerprint density at radius 1 is 1.14 bits per heavy atom. The molecule has 1 saturated heterocycles. The molecule has 0 spiro atoms. The Bertz CT molecular complexity index is 1220. The van der Waals surface area contributed by atoms with Crippen LogP contribution in [-0.2, 0) is 16.0 Å². The fraction of sp³-hybridized carbons (Fsp3) is 0.346. The zero-order valence-corrected chi connectivity index (χ0v) is 20.8. The van der Waals surface area contributed by atoms with E-state index in [-0.39, 0.29) is 42.0 Å². The molecule has 2 amide bonds. The van der Waals surface area contributed by atoms with Crippen LogP contribution in [0.25, 0.3) is 0 Å². The number of rotatable bonds is 9. The van der Waals surface area contributed by atoms with Crippen LogP contribution in [0.1, 0.15) is 52.5 Å². The number of benzene rings is 2. The number of hydrogen-bond donors (Lipinski definition) is 1. The lowest BCUT2D eigenvalue weighted by Crippen LogP contribution is -2.44. The van der Waals surface area contributed by atoms with Crippen LogP contribution in [-0.4, -0.2) is 51.5 Å². The van der Waals surface area contributed by atoms with E-state index < -0.39 is 5.41 Å². The van der Waals surface area contributed by atoms with Crippen LogP contribution >= 0.6 is 11.8 Å². The van der Waals surface area contributed by atoms with Gasteiger partial charge in [-0.05, 0) is 18.1 Å². The number of Topliss-reactive ketones (excluding diaryl/α,β-unsaturated/α-hetero) is 1. The molecular formula is C26H28N4O4S. The Labute approximate surface area is 208 Å². The largest absolute Gasteiger partial charge is 0.418 e. The van der Waals surface area contributed by atoms with Crippen molar-refractivity contribution >= 4 is 29.4 Å². The molecular weight excluding hydrogens is 464 g/mol. The van der Waals surface area contributed by atoms with E-state index in [2.05, 4.69) is 15.5 Å². The molecule has 9 heteroatoms. The lowest BCUT2D eigenvalue weighted by Gasteiger charge is -2.25. The van der Waals surface area contributed by atoms with Crippen molar-refractivity contribution < 1.29 is 18.8 Å². The lowest BCUT2D eigenvalue weighted by atomic mass is 9.88. The zero-order chi connectivity index (χ0) is 25.0. The maximum absolute atomic E-state index is 13.0. The highest BCUT2D eigenvalue weighted by atomic mass is 32.2. The highest BCUT2D eigenvalue weighted by molar-refractivity contribution is 8.00. The summed E-state index contributed by atoms with van der Waals surface area (Å²) in [5.74, 6) is -0.151. The predicted octanol–water partition coefficient (Wildman–Crippen LogP) is 3.57. The van der Waals surface area contributed by atoms with Gasteiger partial charge < -0.3 is 14.6 Å². The lowest BCUT2D eigenvalue weighted by molar-refractivity contribution is -0.133. The van der Waals surface area contributed by atoms with Crippen molar-refractivity contribution in [3.8, 4) is 0 Å². The first-order chi connectivity index (χ1) is 16.7. The molecule has 2 aromatic carbocycles. The Hall–Kier alpha value is -3.46. The van der Waals surface area contributed by atoms with Gasteiger partial charge in [-0.15, -0.1) is 22.0 Å². The van der Waals surface area contributed by atoms with Crippen LogP contribution in [0.5, 0.6) is 0 Å². The van der Waals surface area contributed by atoms with Crippen LogP contribution in [0.4, 0.5) is 0 Å². The second-order valence-electron chi connectivity index (χ2n) is 9.25. The second-order valence-corrected chi connectivity index (χ2v) is 10.3. The Morgan fingerprint density at radius 3 is 2.66 bits per heavy atom. The molecule has 1 aliphatic rings. The highest BCUT2D eigenvalue weighted by Gasteiger charge is 2.36. The van der Waals surface area contributed by atoms with Crippen molar-refractivity contribution in [2.24, 2.45) is 5.41 Å². The first-order valence-electron chi connectivity index (χ1n) is 11.4. The van der Waals surface area contributed by atoms with Gasteiger partial charge in [-0.3, -0.25) is 14.4 Å². The quantitative estimate of drug-likeness (QED) is 0.455. The molecule has 1 atom stereocenters. The minimum absolute atomic E-state index is 0.0726. The van der Waals surface area contributed by atoms with Gasteiger partial charge in [0.25, 0.3) is 5.89 Å². The average Bonchev–Trinajstić information content (AvgIpc) is 3.44. The first-order valence-corrected chi connectivity index (χ1v) is 12.4. The molecule has 0 aliphatic carbocycles. The van der Waals surface area contributed by atoms with Crippen molar-refractivity contribution in [1.82, 2.24) is 20.4 Å². The van der Waals surface area contributed by atoms with Crippen molar-refractivity contribution in [3.63, 3.8) is 0 Å². The average molecular weight is 493 g/mol. The van der Waals surface area contributed by atoms with Gasteiger partial charge in [0, 0.05) is 6.54 Å². The molecule has 4 rings (SSSR count). The number of nitrogens with one attached hydrogen (secondary N) is 1. The molecule has 1 aliphatic heterocycles. The van der Waals surface area contributed by atoms with E-state index in [1.165, 1.54) is 11.8 Å². The number of ketones is 1. The third-order valence-electron chi connectivity index (χ3n) is 5.81. The number of carbonyl (C=O) groups excluding carboxylic acids is 3. The smallest absolute Gasteiger partial charge is 0.284 e. The van der Waals surface area contributed by atoms with E-state index >= 15 is 0 Å². The summed E-state index contributed by atoms with van der Waals surface area (Å²) in [6.07, 6.45) is 0.434. The molecule has 1 N–H and O–H groups in total. The van der Waals surface area contributed by atoms with Gasteiger partial charge in [-0.25, -0.2) is 0 Å². The Balaban J connectivity index is 1.34. The van der Waals surface area contributed by atoms with Gasteiger partial charge in [0.1, 0.15) is 11.9 Å².